The molecule has 2 rings (SSSR count). The van der Waals surface area contributed by atoms with Gasteiger partial charge in [-0.25, -0.2) is 0 Å². The molecule has 0 bridgehead atoms. The zero-order valence-electron chi connectivity index (χ0n) is 10.6. The van der Waals surface area contributed by atoms with Crippen LogP contribution in [0.2, 0.25) is 0 Å². The third-order valence-corrected chi connectivity index (χ3v) is 4.28. The van der Waals surface area contributed by atoms with Crippen LogP contribution in [0.25, 0.3) is 0 Å². The van der Waals surface area contributed by atoms with Gasteiger partial charge in [-0.05, 0) is 38.0 Å². The number of carbonyl (C=O) groups excluding carboxylic acids is 1. The molecule has 1 heterocycles. The molecule has 0 spiro atoms. The number of carbonyl (C=O) groups is 1. The quantitative estimate of drug-likeness (QED) is 0.668. The Labute approximate surface area is 99.4 Å². The first kappa shape index (κ1) is 11.9. The molecule has 1 unspecified atom stereocenters. The zero-order valence-corrected chi connectivity index (χ0v) is 10.6. The summed E-state index contributed by atoms with van der Waals surface area (Å²) >= 11 is 0. The summed E-state index contributed by atoms with van der Waals surface area (Å²) in [6.07, 6.45) is 9.87. The molecule has 16 heavy (non-hydrogen) atoms. The maximum atomic E-state index is 12.3. The summed E-state index contributed by atoms with van der Waals surface area (Å²) in [4.78, 5) is 14.5. The normalized spacial score (nSPS) is 28.8. The Balaban J connectivity index is 1.87. The van der Waals surface area contributed by atoms with Gasteiger partial charge >= 0.3 is 0 Å². The summed E-state index contributed by atoms with van der Waals surface area (Å²) in [7, 11) is 0. The summed E-state index contributed by atoms with van der Waals surface area (Å²) in [6.45, 7) is 4.34. The molecule has 2 nitrogen and oxygen atoms in total. The van der Waals surface area contributed by atoms with Crippen molar-refractivity contribution < 1.29 is 4.79 Å². The van der Waals surface area contributed by atoms with Gasteiger partial charge in [0.05, 0.1) is 0 Å². The van der Waals surface area contributed by atoms with Gasteiger partial charge in [0.15, 0.2) is 0 Å². The highest BCUT2D eigenvalue weighted by Crippen LogP contribution is 2.27. The number of rotatable bonds is 1. The molecule has 1 aliphatic carbocycles. The molecule has 1 amide bonds. The lowest BCUT2D eigenvalue weighted by Crippen LogP contribution is -2.37. The number of likely N-dealkylation sites (tertiary alicyclic amines) is 1. The molecule has 2 aliphatic rings. The molecule has 0 aromatic rings. The Bertz CT molecular complexity index is 233. The lowest BCUT2D eigenvalue weighted by molar-refractivity contribution is -0.136. The first-order valence-electron chi connectivity index (χ1n) is 7.06. The van der Waals surface area contributed by atoms with E-state index in [-0.39, 0.29) is 0 Å². The molecule has 2 fully saturated rings. The Morgan fingerprint density at radius 1 is 0.938 bits per heavy atom. The average molecular weight is 223 g/mol. The van der Waals surface area contributed by atoms with Crippen molar-refractivity contribution in [1.82, 2.24) is 4.90 Å². The van der Waals surface area contributed by atoms with E-state index in [1.165, 1.54) is 38.5 Å². The Kier molecular flexibility index (Phi) is 4.25. The van der Waals surface area contributed by atoms with Crippen molar-refractivity contribution in [3.05, 3.63) is 0 Å². The van der Waals surface area contributed by atoms with Crippen LogP contribution in [0.15, 0.2) is 0 Å². The summed E-state index contributed by atoms with van der Waals surface area (Å²) in [5.41, 5.74) is 0. The maximum absolute atomic E-state index is 12.3. The SMILES string of the molecule is CC1CCCN(C(=O)C2CCCCC2)CC1. The lowest BCUT2D eigenvalue weighted by atomic mass is 9.88. The molecule has 2 heteroatoms. The zero-order chi connectivity index (χ0) is 11.4. The van der Waals surface area contributed by atoms with Crippen LogP contribution >= 0.6 is 0 Å². The summed E-state index contributed by atoms with van der Waals surface area (Å²) < 4.78 is 0. The lowest BCUT2D eigenvalue weighted by Gasteiger charge is -2.28. The predicted molar refractivity (Wildman–Crippen MR) is 66.2 cm³/mol. The van der Waals surface area contributed by atoms with E-state index >= 15 is 0 Å². The van der Waals surface area contributed by atoms with Crippen molar-refractivity contribution in [2.75, 3.05) is 13.1 Å². The van der Waals surface area contributed by atoms with Crippen molar-refractivity contribution in [2.45, 2.75) is 58.3 Å². The third-order valence-electron chi connectivity index (χ3n) is 4.28. The third kappa shape index (κ3) is 2.99. The van der Waals surface area contributed by atoms with Gasteiger partial charge in [0.25, 0.3) is 0 Å². The van der Waals surface area contributed by atoms with E-state index in [2.05, 4.69) is 11.8 Å². The fourth-order valence-electron chi connectivity index (χ4n) is 3.09. The molecular weight excluding hydrogens is 198 g/mol. The highest BCUT2D eigenvalue weighted by molar-refractivity contribution is 5.78. The van der Waals surface area contributed by atoms with Crippen molar-refractivity contribution >= 4 is 5.91 Å². The van der Waals surface area contributed by atoms with Gasteiger partial charge in [0.2, 0.25) is 5.91 Å². The second kappa shape index (κ2) is 5.70. The van der Waals surface area contributed by atoms with Gasteiger partial charge in [-0.15, -0.1) is 0 Å². The molecule has 1 atom stereocenters. The fraction of sp³-hybridized carbons (Fsp3) is 0.929. The fourth-order valence-corrected chi connectivity index (χ4v) is 3.09. The van der Waals surface area contributed by atoms with Gasteiger partial charge in [-0.2, -0.15) is 0 Å². The van der Waals surface area contributed by atoms with Crippen molar-refractivity contribution in [3.8, 4) is 0 Å². The molecule has 0 aromatic heterocycles. The minimum Gasteiger partial charge on any atom is -0.342 e. The molecule has 1 saturated carbocycles. The number of hydrogen-bond acceptors (Lipinski definition) is 1. The van der Waals surface area contributed by atoms with Crippen molar-refractivity contribution in [2.24, 2.45) is 11.8 Å². The second-order valence-corrected chi connectivity index (χ2v) is 5.70. The second-order valence-electron chi connectivity index (χ2n) is 5.70. The van der Waals surface area contributed by atoms with Gasteiger partial charge in [-0.1, -0.05) is 26.2 Å². The standard InChI is InChI=1S/C14H25NO/c1-12-6-5-10-15(11-9-12)14(16)13-7-3-2-4-8-13/h12-13H,2-11H2,1H3. The van der Waals surface area contributed by atoms with Crippen LogP contribution in [0.4, 0.5) is 0 Å². The summed E-state index contributed by atoms with van der Waals surface area (Å²) in [6, 6.07) is 0. The highest BCUT2D eigenvalue weighted by Gasteiger charge is 2.26. The Morgan fingerprint density at radius 2 is 1.69 bits per heavy atom. The van der Waals surface area contributed by atoms with Crippen LogP contribution < -0.4 is 0 Å². The molecule has 0 aromatic carbocycles. The topological polar surface area (TPSA) is 20.3 Å². The van der Waals surface area contributed by atoms with E-state index < -0.39 is 0 Å². The monoisotopic (exact) mass is 223 g/mol. The minimum atomic E-state index is 0.363. The number of amides is 1. The van der Waals surface area contributed by atoms with Crippen LogP contribution in [-0.4, -0.2) is 23.9 Å². The number of nitrogens with zero attached hydrogens (tertiary/aromatic N) is 1. The Hall–Kier alpha value is -0.530. The van der Waals surface area contributed by atoms with Crippen LogP contribution in [0.5, 0.6) is 0 Å². The molecule has 0 radical (unpaired) electrons. The number of hydrogen-bond donors (Lipinski definition) is 0. The minimum absolute atomic E-state index is 0.363. The van der Waals surface area contributed by atoms with E-state index in [1.807, 2.05) is 0 Å². The van der Waals surface area contributed by atoms with Crippen molar-refractivity contribution in [1.29, 1.82) is 0 Å². The van der Waals surface area contributed by atoms with Gasteiger partial charge in [-0.3, -0.25) is 4.79 Å². The van der Waals surface area contributed by atoms with E-state index in [0.717, 1.165) is 31.8 Å². The van der Waals surface area contributed by atoms with E-state index in [4.69, 9.17) is 0 Å². The largest absolute Gasteiger partial charge is 0.342 e. The van der Waals surface area contributed by atoms with Gasteiger partial charge < -0.3 is 4.90 Å². The van der Waals surface area contributed by atoms with E-state index in [9.17, 15) is 4.79 Å². The van der Waals surface area contributed by atoms with E-state index in [1.54, 1.807) is 0 Å². The van der Waals surface area contributed by atoms with Crippen LogP contribution in [0.1, 0.15) is 58.3 Å². The molecule has 1 aliphatic heterocycles. The van der Waals surface area contributed by atoms with Crippen molar-refractivity contribution in [3.63, 3.8) is 0 Å². The Morgan fingerprint density at radius 3 is 2.44 bits per heavy atom. The van der Waals surface area contributed by atoms with Gasteiger partial charge in [0, 0.05) is 19.0 Å². The average Bonchev–Trinajstić information content (AvgIpc) is 2.54. The highest BCUT2D eigenvalue weighted by atomic mass is 16.2. The molecule has 0 N–H and O–H groups in total. The first-order chi connectivity index (χ1) is 7.77. The molecule has 1 saturated heterocycles. The maximum Gasteiger partial charge on any atom is 0.225 e. The first-order valence-corrected chi connectivity index (χ1v) is 7.06. The smallest absolute Gasteiger partial charge is 0.225 e. The molecule has 92 valence electrons. The summed E-state index contributed by atoms with van der Waals surface area (Å²) in [5.74, 6) is 1.64. The predicted octanol–water partition coefficient (Wildman–Crippen LogP) is 3.22. The van der Waals surface area contributed by atoms with E-state index in [0.29, 0.717) is 11.8 Å². The van der Waals surface area contributed by atoms with Crippen LogP contribution in [0, 0.1) is 11.8 Å². The van der Waals surface area contributed by atoms with Crippen LogP contribution in [0.3, 0.4) is 0 Å². The molecular formula is C14H25NO. The van der Waals surface area contributed by atoms with Gasteiger partial charge in [0.1, 0.15) is 0 Å². The summed E-state index contributed by atoms with van der Waals surface area (Å²) in [5, 5.41) is 0. The van der Waals surface area contributed by atoms with Crippen LogP contribution in [-0.2, 0) is 4.79 Å².